The molecule has 0 aliphatic carbocycles. The molecule has 0 aromatic heterocycles. The molecule has 0 amide bonds. The molecule has 0 radical (unpaired) electrons. The van der Waals surface area contributed by atoms with Crippen LogP contribution in [-0.4, -0.2) is 37.1 Å². The summed E-state index contributed by atoms with van der Waals surface area (Å²) in [5.41, 5.74) is 3.03. The van der Waals surface area contributed by atoms with E-state index in [1.165, 1.54) is 63.1 Å². The van der Waals surface area contributed by atoms with Gasteiger partial charge < -0.3 is 4.90 Å². The van der Waals surface area contributed by atoms with E-state index < -0.39 is 0 Å². The van der Waals surface area contributed by atoms with Gasteiger partial charge in [-0.3, -0.25) is 4.90 Å². The molecule has 1 aromatic carbocycles. The highest BCUT2D eigenvalue weighted by molar-refractivity contribution is 5.54. The average Bonchev–Trinajstić information content (AvgIpc) is 2.87. The van der Waals surface area contributed by atoms with E-state index in [1.807, 2.05) is 0 Å². The van der Waals surface area contributed by atoms with Crippen molar-refractivity contribution in [3.63, 3.8) is 0 Å². The van der Waals surface area contributed by atoms with Crippen LogP contribution in [0.4, 0.5) is 5.69 Å². The first-order chi connectivity index (χ1) is 8.88. The molecule has 2 nitrogen and oxygen atoms in total. The van der Waals surface area contributed by atoms with E-state index in [2.05, 4.69) is 41.0 Å². The van der Waals surface area contributed by atoms with E-state index in [0.717, 1.165) is 6.04 Å². The van der Waals surface area contributed by atoms with Crippen LogP contribution in [0.2, 0.25) is 0 Å². The lowest BCUT2D eigenvalue weighted by atomic mass is 10.0. The summed E-state index contributed by atoms with van der Waals surface area (Å²) in [5, 5.41) is 0. The minimum absolute atomic E-state index is 0.813. The first-order valence-electron chi connectivity index (χ1n) is 7.45. The van der Waals surface area contributed by atoms with E-state index in [0.29, 0.717) is 0 Å². The summed E-state index contributed by atoms with van der Waals surface area (Å²) < 4.78 is 0. The van der Waals surface area contributed by atoms with Gasteiger partial charge in [0.1, 0.15) is 0 Å². The number of aryl methyl sites for hydroxylation is 1. The molecular weight excluding hydrogens is 220 g/mol. The molecule has 1 unspecified atom stereocenters. The summed E-state index contributed by atoms with van der Waals surface area (Å²) >= 11 is 0. The summed E-state index contributed by atoms with van der Waals surface area (Å²) in [6, 6.07) is 9.80. The molecule has 0 spiro atoms. The Hall–Kier alpha value is -1.02. The monoisotopic (exact) mass is 244 g/mol. The molecule has 0 N–H and O–H groups in total. The largest absolute Gasteiger partial charge is 0.368 e. The van der Waals surface area contributed by atoms with Crippen molar-refractivity contribution in [2.24, 2.45) is 0 Å². The molecule has 98 valence electrons. The van der Waals surface area contributed by atoms with Crippen molar-refractivity contribution < 1.29 is 0 Å². The lowest BCUT2D eigenvalue weighted by Gasteiger charge is -2.39. The number of hydrogen-bond donors (Lipinski definition) is 0. The molecule has 2 heteroatoms. The van der Waals surface area contributed by atoms with Gasteiger partial charge in [0.25, 0.3) is 0 Å². The van der Waals surface area contributed by atoms with Gasteiger partial charge in [-0.1, -0.05) is 31.5 Å². The minimum Gasteiger partial charge on any atom is -0.368 e. The Bertz CT molecular complexity index is 402. The van der Waals surface area contributed by atoms with E-state index in [9.17, 15) is 0 Å². The summed E-state index contributed by atoms with van der Waals surface area (Å²) in [6.07, 6.45) is 5.24. The zero-order valence-electron chi connectivity index (χ0n) is 11.4. The number of anilines is 1. The zero-order valence-corrected chi connectivity index (χ0v) is 11.4. The third kappa shape index (κ3) is 2.26. The van der Waals surface area contributed by atoms with Crippen LogP contribution in [0.3, 0.4) is 0 Å². The summed E-state index contributed by atoms with van der Waals surface area (Å²) in [4.78, 5) is 5.30. The van der Waals surface area contributed by atoms with Crippen LogP contribution in [0.1, 0.15) is 31.7 Å². The standard InChI is InChI=1S/C16H24N2/c1-2-6-14-7-3-4-9-16(14)18-12-11-17-10-5-8-15(17)13-18/h3-4,7,9,15H,2,5-6,8,10-13H2,1H3. The summed E-state index contributed by atoms with van der Waals surface area (Å²) in [6.45, 7) is 7.30. The van der Waals surface area contributed by atoms with Gasteiger partial charge in [0.15, 0.2) is 0 Å². The maximum Gasteiger partial charge on any atom is 0.0399 e. The van der Waals surface area contributed by atoms with Crippen molar-refractivity contribution in [2.45, 2.75) is 38.6 Å². The highest BCUT2D eigenvalue weighted by Gasteiger charge is 2.30. The van der Waals surface area contributed by atoms with Crippen LogP contribution in [0.5, 0.6) is 0 Å². The van der Waals surface area contributed by atoms with Crippen molar-refractivity contribution in [3.05, 3.63) is 29.8 Å². The molecule has 1 atom stereocenters. The van der Waals surface area contributed by atoms with E-state index in [1.54, 1.807) is 0 Å². The van der Waals surface area contributed by atoms with Gasteiger partial charge in [-0.15, -0.1) is 0 Å². The van der Waals surface area contributed by atoms with Crippen LogP contribution in [0, 0.1) is 0 Å². The Balaban J connectivity index is 1.78. The Morgan fingerprint density at radius 2 is 2.06 bits per heavy atom. The minimum atomic E-state index is 0.813. The highest BCUT2D eigenvalue weighted by atomic mass is 15.3. The van der Waals surface area contributed by atoms with E-state index in [-0.39, 0.29) is 0 Å². The summed E-state index contributed by atoms with van der Waals surface area (Å²) in [7, 11) is 0. The second-order valence-electron chi connectivity index (χ2n) is 5.66. The smallest absolute Gasteiger partial charge is 0.0399 e. The number of hydrogen-bond acceptors (Lipinski definition) is 2. The third-order valence-electron chi connectivity index (χ3n) is 4.44. The van der Waals surface area contributed by atoms with Gasteiger partial charge in [0.05, 0.1) is 0 Å². The van der Waals surface area contributed by atoms with Crippen molar-refractivity contribution in [1.82, 2.24) is 4.90 Å². The predicted octanol–water partition coefficient (Wildman–Crippen LogP) is 2.92. The Morgan fingerprint density at radius 3 is 2.94 bits per heavy atom. The van der Waals surface area contributed by atoms with Gasteiger partial charge in [-0.05, 0) is 37.4 Å². The molecule has 2 saturated heterocycles. The normalized spacial score (nSPS) is 24.3. The van der Waals surface area contributed by atoms with Crippen LogP contribution in [-0.2, 0) is 6.42 Å². The third-order valence-corrected chi connectivity index (χ3v) is 4.44. The van der Waals surface area contributed by atoms with Crippen molar-refractivity contribution in [3.8, 4) is 0 Å². The van der Waals surface area contributed by atoms with Gasteiger partial charge in [-0.2, -0.15) is 0 Å². The fraction of sp³-hybridized carbons (Fsp3) is 0.625. The number of fused-ring (bicyclic) bond motifs is 1. The molecule has 3 rings (SSSR count). The van der Waals surface area contributed by atoms with E-state index >= 15 is 0 Å². The predicted molar refractivity (Wildman–Crippen MR) is 77.2 cm³/mol. The van der Waals surface area contributed by atoms with Gasteiger partial charge >= 0.3 is 0 Å². The molecule has 0 bridgehead atoms. The first kappa shape index (κ1) is 12.0. The molecule has 0 saturated carbocycles. The molecule has 2 aliphatic heterocycles. The van der Waals surface area contributed by atoms with Crippen LogP contribution >= 0.6 is 0 Å². The number of benzene rings is 1. The highest BCUT2D eigenvalue weighted by Crippen LogP contribution is 2.28. The van der Waals surface area contributed by atoms with Crippen LogP contribution in [0.15, 0.2) is 24.3 Å². The topological polar surface area (TPSA) is 6.48 Å². The molecule has 2 heterocycles. The molecule has 18 heavy (non-hydrogen) atoms. The van der Waals surface area contributed by atoms with Crippen molar-refractivity contribution in [1.29, 1.82) is 0 Å². The number of nitrogens with zero attached hydrogens (tertiary/aromatic N) is 2. The lowest BCUT2D eigenvalue weighted by Crippen LogP contribution is -2.50. The fourth-order valence-corrected chi connectivity index (χ4v) is 3.51. The van der Waals surface area contributed by atoms with E-state index in [4.69, 9.17) is 0 Å². The number of rotatable bonds is 3. The van der Waals surface area contributed by atoms with Gasteiger partial charge in [0.2, 0.25) is 0 Å². The number of piperazine rings is 1. The Kier molecular flexibility index (Phi) is 3.55. The van der Waals surface area contributed by atoms with Gasteiger partial charge in [-0.25, -0.2) is 0 Å². The van der Waals surface area contributed by atoms with Crippen molar-refractivity contribution >= 4 is 5.69 Å². The first-order valence-corrected chi connectivity index (χ1v) is 7.45. The van der Waals surface area contributed by atoms with Crippen LogP contribution in [0.25, 0.3) is 0 Å². The second-order valence-corrected chi connectivity index (χ2v) is 5.66. The maximum absolute atomic E-state index is 2.68. The molecule has 2 fully saturated rings. The quantitative estimate of drug-likeness (QED) is 0.806. The van der Waals surface area contributed by atoms with Crippen LogP contribution < -0.4 is 4.90 Å². The fourth-order valence-electron chi connectivity index (χ4n) is 3.51. The number of para-hydroxylation sites is 1. The lowest BCUT2D eigenvalue weighted by molar-refractivity contribution is 0.231. The van der Waals surface area contributed by atoms with Gasteiger partial charge in [0, 0.05) is 31.4 Å². The molecule has 1 aromatic rings. The summed E-state index contributed by atoms with van der Waals surface area (Å²) in [5.74, 6) is 0. The second kappa shape index (κ2) is 5.31. The maximum atomic E-state index is 2.68. The Labute approximate surface area is 111 Å². The Morgan fingerprint density at radius 1 is 1.17 bits per heavy atom. The zero-order chi connectivity index (χ0) is 12.4. The van der Waals surface area contributed by atoms with Crippen molar-refractivity contribution in [2.75, 3.05) is 31.1 Å². The molecule has 2 aliphatic rings. The molecular formula is C16H24N2. The average molecular weight is 244 g/mol. The SMILES string of the molecule is CCCc1ccccc1N1CCN2CCCC2C1.